The summed E-state index contributed by atoms with van der Waals surface area (Å²) in [6.07, 6.45) is -1.63. The van der Waals surface area contributed by atoms with E-state index < -0.39 is 24.3 Å². The Morgan fingerprint density at radius 3 is 2.13 bits per heavy atom. The van der Waals surface area contributed by atoms with Gasteiger partial charge in [-0.2, -0.15) is 31.4 Å². The summed E-state index contributed by atoms with van der Waals surface area (Å²) in [6, 6.07) is 3.75. The zero-order valence-electron chi connectivity index (χ0n) is 19.9. The number of amides is 1. The van der Waals surface area contributed by atoms with E-state index >= 15 is 0 Å². The smallest absolute Gasteiger partial charge is 0.490 e. The van der Waals surface area contributed by atoms with Crippen LogP contribution in [0.5, 0.6) is 5.75 Å². The monoisotopic (exact) mass is 554 g/mol. The topological polar surface area (TPSA) is 135 Å². The number of halogens is 6. The van der Waals surface area contributed by atoms with Gasteiger partial charge >= 0.3 is 24.3 Å². The minimum absolute atomic E-state index is 0.0957. The lowest BCUT2D eigenvalue weighted by Crippen LogP contribution is -2.39. The summed E-state index contributed by atoms with van der Waals surface area (Å²) in [6.45, 7) is 1.84. The van der Waals surface area contributed by atoms with Gasteiger partial charge in [0, 0.05) is 44.5 Å². The highest BCUT2D eigenvalue weighted by Gasteiger charge is 2.39. The third-order valence-electron chi connectivity index (χ3n) is 5.21. The van der Waals surface area contributed by atoms with Crippen molar-refractivity contribution >= 4 is 17.8 Å². The van der Waals surface area contributed by atoms with Crippen molar-refractivity contribution in [3.05, 3.63) is 42.0 Å². The first-order valence-electron chi connectivity index (χ1n) is 11.0. The average Bonchev–Trinajstić information content (AvgIpc) is 3.55. The fourth-order valence-electron chi connectivity index (χ4n) is 3.29. The van der Waals surface area contributed by atoms with Crippen molar-refractivity contribution in [3.63, 3.8) is 0 Å². The Balaban J connectivity index is 0.000000301. The summed E-state index contributed by atoms with van der Waals surface area (Å²) in [5, 5.41) is 18.8. The molecule has 4 rings (SSSR count). The van der Waals surface area contributed by atoms with E-state index in [9.17, 15) is 31.1 Å². The molecule has 1 saturated carbocycles. The number of carboxylic acid groups (broad SMARTS) is 2. The van der Waals surface area contributed by atoms with Crippen LogP contribution >= 0.6 is 0 Å². The minimum atomic E-state index is -5.08. The summed E-state index contributed by atoms with van der Waals surface area (Å²) < 4.78 is 71.2. The molecule has 2 aliphatic rings. The van der Waals surface area contributed by atoms with Crippen LogP contribution < -0.4 is 4.74 Å². The fourth-order valence-corrected chi connectivity index (χ4v) is 3.29. The Morgan fingerprint density at radius 2 is 1.66 bits per heavy atom. The molecular weight excluding hydrogens is 530 g/mol. The molecule has 1 aliphatic carbocycles. The van der Waals surface area contributed by atoms with Crippen LogP contribution in [-0.2, 0) is 28.0 Å². The van der Waals surface area contributed by atoms with Gasteiger partial charge in [0.25, 0.3) is 0 Å². The van der Waals surface area contributed by atoms with Gasteiger partial charge < -0.3 is 19.8 Å². The Hall–Kier alpha value is -3.85. The van der Waals surface area contributed by atoms with Crippen molar-refractivity contribution in [1.82, 2.24) is 19.7 Å². The lowest BCUT2D eigenvalue weighted by molar-refractivity contribution is -0.193. The maximum absolute atomic E-state index is 12.5. The molecule has 1 unspecified atom stereocenters. The average molecular weight is 554 g/mol. The number of hydrogen-bond donors (Lipinski definition) is 2. The van der Waals surface area contributed by atoms with Crippen molar-refractivity contribution in [1.29, 1.82) is 0 Å². The number of aryl methyl sites for hydroxylation is 1. The van der Waals surface area contributed by atoms with Gasteiger partial charge in [0.15, 0.2) is 0 Å². The number of nitrogens with zero attached hydrogens (tertiary/aromatic N) is 4. The first kappa shape index (κ1) is 30.4. The first-order valence-corrected chi connectivity index (χ1v) is 11.0. The van der Waals surface area contributed by atoms with Crippen molar-refractivity contribution in [2.45, 2.75) is 44.1 Å². The number of ether oxygens (including phenoxy) is 1. The summed E-state index contributed by atoms with van der Waals surface area (Å²) >= 11 is 0. The Morgan fingerprint density at radius 1 is 1.08 bits per heavy atom. The van der Waals surface area contributed by atoms with Crippen LogP contribution in [0, 0.1) is 5.92 Å². The fraction of sp³-hybridized carbons (Fsp3) is 0.500. The van der Waals surface area contributed by atoms with E-state index in [2.05, 4.69) is 10.1 Å². The van der Waals surface area contributed by atoms with E-state index in [-0.39, 0.29) is 11.8 Å². The molecule has 2 aromatic heterocycles. The molecule has 10 nitrogen and oxygen atoms in total. The summed E-state index contributed by atoms with van der Waals surface area (Å²) in [5.74, 6) is -3.80. The largest absolute Gasteiger partial charge is 0.491 e. The Kier molecular flexibility index (Phi) is 10.1. The van der Waals surface area contributed by atoms with Crippen molar-refractivity contribution < 1.29 is 55.7 Å². The van der Waals surface area contributed by atoms with Gasteiger partial charge in [-0.05, 0) is 30.9 Å². The number of carboxylic acids is 2. The van der Waals surface area contributed by atoms with Crippen molar-refractivity contribution in [2.75, 3.05) is 13.2 Å². The van der Waals surface area contributed by atoms with Crippen LogP contribution in [0.25, 0.3) is 0 Å². The number of aromatic nitrogens is 3. The highest BCUT2D eigenvalue weighted by Crippen LogP contribution is 2.35. The molecule has 0 radical (unpaired) electrons. The summed E-state index contributed by atoms with van der Waals surface area (Å²) in [7, 11) is 1.92. The second-order valence-electron chi connectivity index (χ2n) is 8.44. The van der Waals surface area contributed by atoms with Gasteiger partial charge in [0.1, 0.15) is 5.75 Å². The number of pyridine rings is 1. The molecule has 0 bridgehead atoms. The lowest BCUT2D eigenvalue weighted by atomic mass is 9.97. The van der Waals surface area contributed by atoms with Gasteiger partial charge in [0.05, 0.1) is 24.4 Å². The number of carbonyl (C=O) groups excluding carboxylic acids is 1. The lowest BCUT2D eigenvalue weighted by Gasteiger charge is -2.32. The number of carbonyl (C=O) groups is 3. The minimum Gasteiger partial charge on any atom is -0.491 e. The van der Waals surface area contributed by atoms with E-state index in [1.807, 2.05) is 35.0 Å². The van der Waals surface area contributed by atoms with Gasteiger partial charge in [0.2, 0.25) is 5.91 Å². The third-order valence-corrected chi connectivity index (χ3v) is 5.21. The SMILES string of the molecule is Cn1cc2c(n1)C(COc1cccnc1)CN(C(=O)CC1CC1)C2.O=C(O)C(F)(F)F.O=C(O)C(F)(F)F. The van der Waals surface area contributed by atoms with E-state index in [0.29, 0.717) is 32.0 Å². The van der Waals surface area contributed by atoms with Crippen molar-refractivity contribution in [3.8, 4) is 5.75 Å². The molecule has 1 aliphatic heterocycles. The quantitative estimate of drug-likeness (QED) is 0.538. The van der Waals surface area contributed by atoms with Crippen LogP contribution in [0.2, 0.25) is 0 Å². The molecule has 2 N–H and O–H groups in total. The van der Waals surface area contributed by atoms with Crippen LogP contribution in [-0.4, -0.2) is 73.2 Å². The molecular formula is C22H24F6N4O6. The molecule has 0 aromatic carbocycles. The highest BCUT2D eigenvalue weighted by molar-refractivity contribution is 5.77. The standard InChI is InChI=1S/C18H22N4O2.2C2HF3O2/c1-21-9-14-10-22(17(23)7-13-4-5-13)11-15(18(14)20-21)12-24-16-3-2-6-19-8-16;2*3-2(4,5)1(6)7/h2-3,6,8-9,13,15H,4-5,7,10-12H2,1H3;2*(H,6,7). The van der Waals surface area contributed by atoms with E-state index in [4.69, 9.17) is 24.5 Å². The molecule has 210 valence electrons. The van der Waals surface area contributed by atoms with Crippen molar-refractivity contribution in [2.24, 2.45) is 13.0 Å². The second kappa shape index (κ2) is 12.6. The third kappa shape index (κ3) is 9.89. The Bertz CT molecular complexity index is 1080. The van der Waals surface area contributed by atoms with Gasteiger partial charge in [-0.3, -0.25) is 14.5 Å². The first-order chi connectivity index (χ1) is 17.6. The maximum Gasteiger partial charge on any atom is 0.490 e. The van der Waals surface area contributed by atoms with Crippen LogP contribution in [0.15, 0.2) is 30.7 Å². The highest BCUT2D eigenvalue weighted by atomic mass is 19.4. The van der Waals surface area contributed by atoms with E-state index in [0.717, 1.165) is 17.0 Å². The predicted octanol–water partition coefficient (Wildman–Crippen LogP) is 3.39. The molecule has 1 atom stereocenters. The molecule has 1 amide bonds. The molecule has 3 heterocycles. The zero-order chi connectivity index (χ0) is 28.7. The Labute approximate surface area is 211 Å². The predicted molar refractivity (Wildman–Crippen MR) is 116 cm³/mol. The number of aliphatic carboxylic acids is 2. The maximum atomic E-state index is 12.5. The normalized spacial score (nSPS) is 16.7. The molecule has 38 heavy (non-hydrogen) atoms. The second-order valence-corrected chi connectivity index (χ2v) is 8.44. The van der Waals surface area contributed by atoms with Crippen LogP contribution in [0.3, 0.4) is 0 Å². The van der Waals surface area contributed by atoms with Gasteiger partial charge in [-0.1, -0.05) is 0 Å². The number of fused-ring (bicyclic) bond motifs is 1. The van der Waals surface area contributed by atoms with Gasteiger partial charge in [-0.25, -0.2) is 9.59 Å². The number of alkyl halides is 6. The summed E-state index contributed by atoms with van der Waals surface area (Å²) in [5.41, 5.74) is 2.18. The summed E-state index contributed by atoms with van der Waals surface area (Å²) in [4.78, 5) is 36.4. The van der Waals surface area contributed by atoms with E-state index in [1.165, 1.54) is 12.8 Å². The van der Waals surface area contributed by atoms with E-state index in [1.54, 1.807) is 12.4 Å². The molecule has 0 spiro atoms. The molecule has 1 fully saturated rings. The molecule has 0 saturated heterocycles. The van der Waals surface area contributed by atoms with Crippen LogP contribution in [0.4, 0.5) is 26.3 Å². The zero-order valence-corrected chi connectivity index (χ0v) is 19.9. The molecule has 2 aromatic rings. The van der Waals surface area contributed by atoms with Crippen LogP contribution in [0.1, 0.15) is 36.4 Å². The van der Waals surface area contributed by atoms with Gasteiger partial charge in [-0.15, -0.1) is 0 Å². The number of rotatable bonds is 5. The molecule has 16 heteroatoms. The number of hydrogen-bond acceptors (Lipinski definition) is 6.